The van der Waals surface area contributed by atoms with Crippen molar-refractivity contribution < 1.29 is 28.3 Å². The minimum atomic E-state index is -0.841. The number of benzene rings is 2. The molecule has 1 aliphatic heterocycles. The molecule has 44 heavy (non-hydrogen) atoms. The van der Waals surface area contributed by atoms with Crippen molar-refractivity contribution in [2.24, 2.45) is 4.99 Å². The summed E-state index contributed by atoms with van der Waals surface area (Å²) in [5, 5.41) is 11.1. The highest BCUT2D eigenvalue weighted by Gasteiger charge is 2.35. The van der Waals surface area contributed by atoms with Crippen molar-refractivity contribution in [3.8, 4) is 17.1 Å². The fourth-order valence-electron chi connectivity index (χ4n) is 4.96. The number of hydrogen-bond acceptors (Lipinski definition) is 10. The molecule has 1 aliphatic rings. The van der Waals surface area contributed by atoms with Crippen molar-refractivity contribution in [1.82, 2.24) is 4.57 Å². The van der Waals surface area contributed by atoms with Gasteiger partial charge in [0.1, 0.15) is 29.9 Å². The van der Waals surface area contributed by atoms with Gasteiger partial charge in [0, 0.05) is 36.4 Å². The van der Waals surface area contributed by atoms with Crippen molar-refractivity contribution in [3.63, 3.8) is 0 Å². The van der Waals surface area contributed by atoms with Gasteiger partial charge in [-0.1, -0.05) is 36.5 Å². The average Bonchev–Trinajstić information content (AvgIpc) is 3.59. The summed E-state index contributed by atoms with van der Waals surface area (Å²) in [5.74, 6) is 0.886. The van der Waals surface area contributed by atoms with E-state index in [1.165, 1.54) is 35.1 Å². The Kier molecular flexibility index (Phi) is 9.21. The number of hydrogen-bond donors (Lipinski definition) is 0. The first-order chi connectivity index (χ1) is 21.2. The summed E-state index contributed by atoms with van der Waals surface area (Å²) in [6.07, 6.45) is 2.41. The molecule has 0 fully saturated rings. The molecule has 2 aromatic heterocycles. The van der Waals surface area contributed by atoms with Crippen LogP contribution in [0.1, 0.15) is 43.2 Å². The predicted octanol–water partition coefficient (Wildman–Crippen LogP) is 4.69. The highest BCUT2D eigenvalue weighted by Crippen LogP contribution is 2.36. The Balaban J connectivity index is 1.61. The highest BCUT2D eigenvalue weighted by molar-refractivity contribution is 7.07. The van der Waals surface area contributed by atoms with Gasteiger partial charge >= 0.3 is 5.97 Å². The Morgan fingerprint density at radius 3 is 2.66 bits per heavy atom. The number of carbonyl (C=O) groups is 1. The van der Waals surface area contributed by atoms with Gasteiger partial charge in [0.25, 0.3) is 11.2 Å². The minimum Gasteiger partial charge on any atom is -0.493 e. The number of methoxy groups -OCH3 is 1. The summed E-state index contributed by atoms with van der Waals surface area (Å²) in [4.78, 5) is 43.2. The lowest BCUT2D eigenvalue weighted by atomic mass is 9.95. The quantitative estimate of drug-likeness (QED) is 0.102. The standard InChI is InChI=1S/C32H31N3O8S/c1-5-14-41-25-9-7-6-8-24(25)29-28(31(37)42-16-15-40-4)20(3)33-32-34(29)30(36)27(44-32)18-22-11-13-26(43-22)23-12-10-21(35(38)39)17-19(23)2/h6-13,17-18,29H,5,14-16H2,1-4H3/b27-18+/t29-/m0/s1. The van der Waals surface area contributed by atoms with E-state index in [1.54, 1.807) is 38.1 Å². The summed E-state index contributed by atoms with van der Waals surface area (Å²) >= 11 is 1.18. The number of non-ortho nitro benzene ring substituents is 1. The molecule has 0 saturated heterocycles. The molecule has 0 amide bonds. The van der Waals surface area contributed by atoms with Crippen LogP contribution in [0.3, 0.4) is 0 Å². The van der Waals surface area contributed by atoms with Crippen LogP contribution in [-0.2, 0) is 14.3 Å². The Morgan fingerprint density at radius 2 is 1.93 bits per heavy atom. The Hall–Kier alpha value is -4.81. The van der Waals surface area contributed by atoms with Crippen LogP contribution in [0.15, 0.2) is 80.1 Å². The molecule has 2 aromatic carbocycles. The molecule has 0 radical (unpaired) electrons. The summed E-state index contributed by atoms with van der Waals surface area (Å²) in [5.41, 5.74) is 2.33. The van der Waals surface area contributed by atoms with Gasteiger partial charge in [-0.2, -0.15) is 0 Å². The van der Waals surface area contributed by atoms with Gasteiger partial charge in [0.15, 0.2) is 4.80 Å². The first kappa shape index (κ1) is 30.6. The van der Waals surface area contributed by atoms with E-state index in [9.17, 15) is 19.7 Å². The van der Waals surface area contributed by atoms with Gasteiger partial charge in [0.2, 0.25) is 0 Å². The molecule has 0 saturated carbocycles. The summed E-state index contributed by atoms with van der Waals surface area (Å²) < 4.78 is 24.5. The lowest BCUT2D eigenvalue weighted by molar-refractivity contribution is -0.384. The van der Waals surface area contributed by atoms with Gasteiger partial charge < -0.3 is 18.6 Å². The van der Waals surface area contributed by atoms with Gasteiger partial charge in [-0.3, -0.25) is 19.5 Å². The number of para-hydroxylation sites is 1. The number of nitro groups is 1. The van der Waals surface area contributed by atoms with E-state index in [2.05, 4.69) is 4.99 Å². The number of nitrogens with zero attached hydrogens (tertiary/aromatic N) is 3. The second-order valence-corrected chi connectivity index (χ2v) is 11.1. The second kappa shape index (κ2) is 13.2. The molecule has 4 aromatic rings. The van der Waals surface area contributed by atoms with E-state index in [0.29, 0.717) is 55.6 Å². The molecule has 12 heteroatoms. The summed E-state index contributed by atoms with van der Waals surface area (Å²) in [6, 6.07) is 14.5. The van der Waals surface area contributed by atoms with E-state index in [1.807, 2.05) is 31.2 Å². The third-order valence-corrected chi connectivity index (χ3v) is 8.01. The SMILES string of the molecule is CCCOc1ccccc1[C@H]1C(C(=O)OCCOC)=C(C)N=c2s/c(=C/c3ccc(-c4ccc([N+](=O)[O-])cc4C)o3)c(=O)n21. The maximum Gasteiger partial charge on any atom is 0.338 e. The Morgan fingerprint density at radius 1 is 1.14 bits per heavy atom. The topological polar surface area (TPSA) is 135 Å². The van der Waals surface area contributed by atoms with Crippen LogP contribution in [0.4, 0.5) is 5.69 Å². The van der Waals surface area contributed by atoms with E-state index in [4.69, 9.17) is 18.6 Å². The van der Waals surface area contributed by atoms with Gasteiger partial charge in [-0.25, -0.2) is 9.79 Å². The van der Waals surface area contributed by atoms with E-state index in [-0.39, 0.29) is 30.0 Å². The number of ether oxygens (including phenoxy) is 3. The molecular formula is C32H31N3O8S. The van der Waals surface area contributed by atoms with Gasteiger partial charge in [0.05, 0.1) is 33.9 Å². The smallest absolute Gasteiger partial charge is 0.338 e. The molecule has 0 N–H and O–H groups in total. The number of fused-ring (bicyclic) bond motifs is 1. The zero-order valence-electron chi connectivity index (χ0n) is 24.7. The first-order valence-corrected chi connectivity index (χ1v) is 14.8. The van der Waals surface area contributed by atoms with Crippen LogP contribution in [0.5, 0.6) is 5.75 Å². The maximum atomic E-state index is 14.0. The zero-order valence-corrected chi connectivity index (χ0v) is 25.5. The van der Waals surface area contributed by atoms with Gasteiger partial charge in [-0.15, -0.1) is 0 Å². The Labute approximate surface area is 256 Å². The molecule has 0 unspecified atom stereocenters. The number of aryl methyl sites for hydroxylation is 1. The number of aromatic nitrogens is 1. The summed E-state index contributed by atoms with van der Waals surface area (Å²) in [6.45, 7) is 6.22. The van der Waals surface area contributed by atoms with Crippen LogP contribution >= 0.6 is 11.3 Å². The normalized spacial score (nSPS) is 14.7. The fourth-order valence-corrected chi connectivity index (χ4v) is 5.99. The van der Waals surface area contributed by atoms with Crippen LogP contribution in [0, 0.1) is 17.0 Å². The largest absolute Gasteiger partial charge is 0.493 e. The minimum absolute atomic E-state index is 0.00685. The molecule has 228 valence electrons. The number of furan rings is 1. The number of rotatable bonds is 11. The molecule has 11 nitrogen and oxygen atoms in total. The molecule has 0 bridgehead atoms. The van der Waals surface area contributed by atoms with Crippen molar-refractivity contribution in [1.29, 1.82) is 0 Å². The number of esters is 1. The van der Waals surface area contributed by atoms with Crippen LogP contribution in [-0.4, -0.2) is 42.4 Å². The molecule has 0 aliphatic carbocycles. The van der Waals surface area contributed by atoms with Crippen LogP contribution < -0.4 is 19.6 Å². The lowest BCUT2D eigenvalue weighted by Crippen LogP contribution is -2.40. The summed E-state index contributed by atoms with van der Waals surface area (Å²) in [7, 11) is 1.52. The monoisotopic (exact) mass is 617 g/mol. The third-order valence-electron chi connectivity index (χ3n) is 7.02. The fraction of sp³-hybridized carbons (Fsp3) is 0.281. The van der Waals surface area contributed by atoms with Crippen LogP contribution in [0.2, 0.25) is 0 Å². The van der Waals surface area contributed by atoms with Crippen molar-refractivity contribution in [2.75, 3.05) is 26.9 Å². The highest BCUT2D eigenvalue weighted by atomic mass is 32.1. The molecule has 1 atom stereocenters. The van der Waals surface area contributed by atoms with Crippen molar-refractivity contribution in [2.45, 2.75) is 33.2 Å². The van der Waals surface area contributed by atoms with E-state index in [0.717, 1.165) is 6.42 Å². The molecule has 0 spiro atoms. The number of carbonyl (C=O) groups excluding carboxylic acids is 1. The first-order valence-electron chi connectivity index (χ1n) is 14.0. The van der Waals surface area contributed by atoms with Crippen molar-refractivity contribution in [3.05, 3.63) is 113 Å². The number of allylic oxidation sites excluding steroid dienone is 1. The van der Waals surface area contributed by atoms with E-state index >= 15 is 0 Å². The third kappa shape index (κ3) is 6.12. The van der Waals surface area contributed by atoms with Gasteiger partial charge in [-0.05, 0) is 50.1 Å². The molecular weight excluding hydrogens is 586 g/mol. The van der Waals surface area contributed by atoms with E-state index < -0.39 is 16.9 Å². The second-order valence-electron chi connectivity index (χ2n) is 10.1. The maximum absolute atomic E-state index is 14.0. The number of thiazole rings is 1. The Bertz CT molecular complexity index is 1930. The number of nitro benzene ring substituents is 1. The zero-order chi connectivity index (χ0) is 31.4. The lowest BCUT2D eigenvalue weighted by Gasteiger charge is -2.26. The molecule has 5 rings (SSSR count). The van der Waals surface area contributed by atoms with Crippen LogP contribution in [0.25, 0.3) is 17.4 Å². The average molecular weight is 618 g/mol. The van der Waals surface area contributed by atoms with Crippen molar-refractivity contribution >= 4 is 29.1 Å². The predicted molar refractivity (Wildman–Crippen MR) is 164 cm³/mol. The molecule has 3 heterocycles.